The van der Waals surface area contributed by atoms with Crippen LogP contribution < -0.4 is 20.7 Å². The van der Waals surface area contributed by atoms with E-state index in [1.54, 1.807) is 24.3 Å². The number of furan rings is 1. The fraction of sp³-hybridized carbons (Fsp3) is 0.280. The Morgan fingerprint density at radius 2 is 1.81 bits per heavy atom. The van der Waals surface area contributed by atoms with Crippen LogP contribution in [-0.2, 0) is 22.3 Å². The van der Waals surface area contributed by atoms with Crippen molar-refractivity contribution in [3.8, 4) is 5.95 Å². The molecule has 2 heterocycles. The Balaban J connectivity index is 1.38. The number of benzene rings is 2. The number of anilines is 2. The van der Waals surface area contributed by atoms with Crippen LogP contribution in [0.25, 0.3) is 0 Å². The quantitative estimate of drug-likeness (QED) is 0.425. The Bertz CT molecular complexity index is 1220. The van der Waals surface area contributed by atoms with E-state index in [9.17, 15) is 22.8 Å². The van der Waals surface area contributed by atoms with Gasteiger partial charge in [-0.1, -0.05) is 24.3 Å². The van der Waals surface area contributed by atoms with Gasteiger partial charge in [0.15, 0.2) is 5.76 Å². The summed E-state index contributed by atoms with van der Waals surface area (Å²) in [7, 11) is 1.41. The molecular weight excluding hydrogens is 479 g/mol. The van der Waals surface area contributed by atoms with E-state index in [1.165, 1.54) is 37.4 Å². The molecule has 0 radical (unpaired) electrons. The monoisotopic (exact) mass is 503 g/mol. The van der Waals surface area contributed by atoms with E-state index in [0.717, 1.165) is 6.07 Å². The van der Waals surface area contributed by atoms with Crippen molar-refractivity contribution in [3.05, 3.63) is 77.6 Å². The van der Waals surface area contributed by atoms with E-state index in [0.29, 0.717) is 17.9 Å². The van der Waals surface area contributed by atoms with Crippen LogP contribution in [0.1, 0.15) is 28.1 Å². The lowest BCUT2D eigenvalue weighted by atomic mass is 9.97. The predicted octanol–water partition coefficient (Wildman–Crippen LogP) is 4.26. The molecule has 1 saturated heterocycles. The molecule has 3 aromatic rings. The van der Waals surface area contributed by atoms with Crippen LogP contribution >= 0.6 is 0 Å². The highest BCUT2D eigenvalue weighted by molar-refractivity contribution is 5.98. The third-order valence-corrected chi connectivity index (χ3v) is 5.73. The number of hydrogen-bond acceptors (Lipinski definition) is 6. The summed E-state index contributed by atoms with van der Waals surface area (Å²) in [6, 6.07) is 14.8. The van der Waals surface area contributed by atoms with Crippen molar-refractivity contribution >= 4 is 23.2 Å². The number of carbonyl (C=O) groups excluding carboxylic acids is 2. The molecular formula is C25H24F3N3O5. The first-order valence-corrected chi connectivity index (χ1v) is 11.0. The number of rotatable bonds is 8. The van der Waals surface area contributed by atoms with Gasteiger partial charge in [-0.2, -0.15) is 13.2 Å². The molecule has 0 spiro atoms. The molecule has 0 aliphatic carbocycles. The lowest BCUT2D eigenvalue weighted by molar-refractivity contribution is -0.137. The van der Waals surface area contributed by atoms with Crippen molar-refractivity contribution < 1.29 is 36.7 Å². The molecule has 1 aliphatic rings. The lowest BCUT2D eigenvalue weighted by Crippen LogP contribution is -2.59. The zero-order chi connectivity index (χ0) is 25.8. The average molecular weight is 503 g/mol. The highest BCUT2D eigenvalue weighted by Gasteiger charge is 2.44. The maximum Gasteiger partial charge on any atom is 0.418 e. The first kappa shape index (κ1) is 25.1. The first-order chi connectivity index (χ1) is 17.2. The van der Waals surface area contributed by atoms with Gasteiger partial charge in [0.2, 0.25) is 5.91 Å². The molecule has 1 fully saturated rings. The summed E-state index contributed by atoms with van der Waals surface area (Å²) in [6.07, 6.45) is -4.20. The minimum Gasteiger partial charge on any atom is -0.468 e. The third-order valence-electron chi connectivity index (χ3n) is 5.73. The van der Waals surface area contributed by atoms with Gasteiger partial charge in [0.25, 0.3) is 11.9 Å². The number of hydrogen-bond donors (Lipinski definition) is 3. The van der Waals surface area contributed by atoms with Crippen molar-refractivity contribution in [2.45, 2.75) is 24.7 Å². The Morgan fingerprint density at radius 3 is 2.44 bits per heavy atom. The van der Waals surface area contributed by atoms with Gasteiger partial charge in [0.1, 0.15) is 5.54 Å². The summed E-state index contributed by atoms with van der Waals surface area (Å²) in [4.78, 5) is 25.6. The summed E-state index contributed by atoms with van der Waals surface area (Å²) >= 11 is 0. The Kier molecular flexibility index (Phi) is 7.20. The number of para-hydroxylation sites is 1. The summed E-state index contributed by atoms with van der Waals surface area (Å²) in [6.45, 7) is 0.448. The van der Waals surface area contributed by atoms with Gasteiger partial charge >= 0.3 is 6.18 Å². The van der Waals surface area contributed by atoms with Gasteiger partial charge < -0.3 is 29.8 Å². The predicted molar refractivity (Wildman–Crippen MR) is 124 cm³/mol. The SMILES string of the molecule is COc1ccc(C(=O)NC2(C(=O)NCc3ccc(Nc4ccccc4C(F)(F)F)cc3)CCOC2)o1. The summed E-state index contributed by atoms with van der Waals surface area (Å²) in [5, 5.41) is 8.28. The second-order valence-electron chi connectivity index (χ2n) is 8.21. The molecule has 2 amide bonds. The van der Waals surface area contributed by atoms with E-state index < -0.39 is 29.1 Å². The minimum atomic E-state index is -4.48. The zero-order valence-electron chi connectivity index (χ0n) is 19.3. The van der Waals surface area contributed by atoms with E-state index in [4.69, 9.17) is 13.9 Å². The van der Waals surface area contributed by atoms with Crippen LogP contribution in [0.15, 0.2) is 65.1 Å². The maximum atomic E-state index is 13.2. The highest BCUT2D eigenvalue weighted by atomic mass is 19.4. The normalized spacial score (nSPS) is 17.4. The highest BCUT2D eigenvalue weighted by Crippen LogP contribution is 2.35. The van der Waals surface area contributed by atoms with Gasteiger partial charge in [-0.25, -0.2) is 0 Å². The number of nitrogens with one attached hydrogen (secondary N) is 3. The van der Waals surface area contributed by atoms with Crippen molar-refractivity contribution in [3.63, 3.8) is 0 Å². The largest absolute Gasteiger partial charge is 0.468 e. The van der Waals surface area contributed by atoms with Gasteiger partial charge in [-0.05, 0) is 35.9 Å². The number of methoxy groups -OCH3 is 1. The molecule has 11 heteroatoms. The number of halogens is 3. The Labute approximate surface area is 204 Å². The van der Waals surface area contributed by atoms with E-state index in [1.807, 2.05) is 0 Å². The van der Waals surface area contributed by atoms with Gasteiger partial charge in [0, 0.05) is 31.3 Å². The molecule has 190 valence electrons. The smallest absolute Gasteiger partial charge is 0.418 e. The second-order valence-corrected chi connectivity index (χ2v) is 8.21. The van der Waals surface area contributed by atoms with Crippen molar-refractivity contribution in [2.75, 3.05) is 25.6 Å². The number of amides is 2. The van der Waals surface area contributed by atoms with Gasteiger partial charge in [0.05, 0.1) is 25.0 Å². The summed E-state index contributed by atoms with van der Waals surface area (Å²) in [5.74, 6) is -0.830. The number of carbonyl (C=O) groups is 2. The fourth-order valence-corrected chi connectivity index (χ4v) is 3.78. The number of alkyl halides is 3. The average Bonchev–Trinajstić information content (AvgIpc) is 3.54. The molecule has 1 atom stereocenters. The van der Waals surface area contributed by atoms with E-state index in [-0.39, 0.29) is 37.0 Å². The first-order valence-electron chi connectivity index (χ1n) is 11.0. The molecule has 36 heavy (non-hydrogen) atoms. The molecule has 0 bridgehead atoms. The van der Waals surface area contributed by atoms with Crippen molar-refractivity contribution in [1.29, 1.82) is 0 Å². The Hall–Kier alpha value is -3.99. The third kappa shape index (κ3) is 5.62. The fourth-order valence-electron chi connectivity index (χ4n) is 3.78. The summed E-state index contributed by atoms with van der Waals surface area (Å²) < 4.78 is 55.2. The molecule has 2 aromatic carbocycles. The molecule has 1 aliphatic heterocycles. The summed E-state index contributed by atoms with van der Waals surface area (Å²) in [5.41, 5.74) is -0.905. The topological polar surface area (TPSA) is 102 Å². The zero-order valence-corrected chi connectivity index (χ0v) is 19.3. The Morgan fingerprint density at radius 1 is 1.06 bits per heavy atom. The van der Waals surface area contributed by atoms with E-state index >= 15 is 0 Å². The van der Waals surface area contributed by atoms with Crippen LogP contribution in [0.5, 0.6) is 5.95 Å². The van der Waals surface area contributed by atoms with Crippen LogP contribution in [0.2, 0.25) is 0 Å². The molecule has 1 unspecified atom stereocenters. The van der Waals surface area contributed by atoms with Crippen molar-refractivity contribution in [1.82, 2.24) is 10.6 Å². The molecule has 4 rings (SSSR count). The number of ether oxygens (including phenoxy) is 2. The van der Waals surface area contributed by atoms with Crippen molar-refractivity contribution in [2.24, 2.45) is 0 Å². The van der Waals surface area contributed by atoms with Gasteiger partial charge in [-0.15, -0.1) is 0 Å². The van der Waals surface area contributed by atoms with Crippen LogP contribution in [-0.4, -0.2) is 37.7 Å². The lowest BCUT2D eigenvalue weighted by Gasteiger charge is -2.27. The van der Waals surface area contributed by atoms with Crippen LogP contribution in [0.3, 0.4) is 0 Å². The molecule has 3 N–H and O–H groups in total. The maximum absolute atomic E-state index is 13.2. The van der Waals surface area contributed by atoms with E-state index in [2.05, 4.69) is 16.0 Å². The molecule has 1 aromatic heterocycles. The van der Waals surface area contributed by atoms with Crippen LogP contribution in [0, 0.1) is 0 Å². The minimum absolute atomic E-state index is 0.00103. The second kappa shape index (κ2) is 10.3. The molecule has 8 nitrogen and oxygen atoms in total. The van der Waals surface area contributed by atoms with Crippen LogP contribution in [0.4, 0.5) is 24.5 Å². The standard InChI is InChI=1S/C25H24F3N3O5/c1-34-21-11-10-20(36-21)22(32)31-24(12-13-35-15-24)23(33)29-14-16-6-8-17(9-7-16)30-19-5-3-2-4-18(19)25(26,27)28/h2-11,30H,12-15H2,1H3,(H,29,33)(H,31,32). The van der Waals surface area contributed by atoms with Gasteiger partial charge in [-0.3, -0.25) is 9.59 Å². The molecule has 0 saturated carbocycles.